The third kappa shape index (κ3) is 2.72. The first-order valence-corrected chi connectivity index (χ1v) is 6.61. The van der Waals surface area contributed by atoms with Gasteiger partial charge >= 0.3 is 0 Å². The quantitative estimate of drug-likeness (QED) is 0.840. The highest BCUT2D eigenvalue weighted by Crippen LogP contribution is 2.20. The largest absolute Gasteiger partial charge is 0.349 e. The van der Waals surface area contributed by atoms with Crippen LogP contribution >= 0.6 is 0 Å². The molecule has 1 aromatic carbocycles. The fourth-order valence-electron chi connectivity index (χ4n) is 2.94. The zero-order chi connectivity index (χ0) is 13.3. The summed E-state index contributed by atoms with van der Waals surface area (Å²) >= 11 is 0. The smallest absolute Gasteiger partial charge is 0.252 e. The average Bonchev–Trinajstić information content (AvgIpc) is 2.62. The predicted octanol–water partition coefficient (Wildman–Crippen LogP) is 2.22. The van der Waals surface area contributed by atoms with Crippen molar-refractivity contribution in [3.05, 3.63) is 34.4 Å². The van der Waals surface area contributed by atoms with Crippen LogP contribution in [0.25, 0.3) is 0 Å². The zero-order valence-electron chi connectivity index (χ0n) is 11.4. The molecular formula is C15H22N2O. The molecule has 0 spiro atoms. The van der Waals surface area contributed by atoms with Crippen molar-refractivity contribution in [3.63, 3.8) is 0 Å². The molecule has 3 nitrogen and oxygen atoms in total. The van der Waals surface area contributed by atoms with Gasteiger partial charge in [-0.3, -0.25) is 4.79 Å². The zero-order valence-corrected chi connectivity index (χ0v) is 11.4. The summed E-state index contributed by atoms with van der Waals surface area (Å²) in [6.45, 7) is 6.04. The maximum atomic E-state index is 12.3. The lowest BCUT2D eigenvalue weighted by Gasteiger charge is -2.16. The van der Waals surface area contributed by atoms with Crippen LogP contribution in [0.5, 0.6) is 0 Å². The molecule has 2 atom stereocenters. The number of hydrogen-bond acceptors (Lipinski definition) is 2. The number of carbonyl (C=O) groups excluding carboxylic acids is 1. The first-order chi connectivity index (χ1) is 8.47. The van der Waals surface area contributed by atoms with E-state index in [1.54, 1.807) is 0 Å². The highest BCUT2D eigenvalue weighted by Gasteiger charge is 2.24. The van der Waals surface area contributed by atoms with Gasteiger partial charge in [0.05, 0.1) is 0 Å². The van der Waals surface area contributed by atoms with Gasteiger partial charge in [0.2, 0.25) is 0 Å². The molecule has 2 unspecified atom stereocenters. The SMILES string of the molecule is Cc1cc(C)c(C(=O)NC2CCC(N)C2)c(C)c1. The van der Waals surface area contributed by atoms with E-state index in [-0.39, 0.29) is 18.0 Å². The van der Waals surface area contributed by atoms with Crippen molar-refractivity contribution in [3.8, 4) is 0 Å². The molecule has 1 aliphatic rings. The summed E-state index contributed by atoms with van der Waals surface area (Å²) < 4.78 is 0. The highest BCUT2D eigenvalue weighted by molar-refractivity contribution is 5.97. The lowest BCUT2D eigenvalue weighted by atomic mass is 9.99. The Hall–Kier alpha value is -1.35. The van der Waals surface area contributed by atoms with Gasteiger partial charge < -0.3 is 11.1 Å². The van der Waals surface area contributed by atoms with Crippen molar-refractivity contribution < 1.29 is 4.79 Å². The lowest BCUT2D eigenvalue weighted by molar-refractivity contribution is 0.0936. The van der Waals surface area contributed by atoms with Gasteiger partial charge in [0.25, 0.3) is 5.91 Å². The van der Waals surface area contributed by atoms with E-state index in [0.29, 0.717) is 0 Å². The molecule has 1 aliphatic carbocycles. The molecule has 2 rings (SSSR count). The maximum Gasteiger partial charge on any atom is 0.252 e. The van der Waals surface area contributed by atoms with Gasteiger partial charge in [0.1, 0.15) is 0 Å². The van der Waals surface area contributed by atoms with E-state index in [1.807, 2.05) is 13.8 Å². The molecular weight excluding hydrogens is 224 g/mol. The molecule has 0 saturated heterocycles. The molecule has 3 heteroatoms. The first kappa shape index (κ1) is 13.1. The van der Waals surface area contributed by atoms with Crippen molar-refractivity contribution >= 4 is 5.91 Å². The summed E-state index contributed by atoms with van der Waals surface area (Å²) in [5.74, 6) is 0.0455. The Balaban J connectivity index is 2.14. The molecule has 0 aromatic heterocycles. The van der Waals surface area contributed by atoms with Crippen LogP contribution in [0.15, 0.2) is 12.1 Å². The molecule has 1 fully saturated rings. The van der Waals surface area contributed by atoms with Crippen LogP contribution in [-0.2, 0) is 0 Å². The van der Waals surface area contributed by atoms with E-state index in [0.717, 1.165) is 36.0 Å². The van der Waals surface area contributed by atoms with Crippen molar-refractivity contribution in [2.24, 2.45) is 5.73 Å². The molecule has 0 bridgehead atoms. The Morgan fingerprint density at radius 2 is 1.83 bits per heavy atom. The van der Waals surface area contributed by atoms with Crippen LogP contribution in [-0.4, -0.2) is 18.0 Å². The fourth-order valence-corrected chi connectivity index (χ4v) is 2.94. The van der Waals surface area contributed by atoms with Crippen LogP contribution in [0, 0.1) is 20.8 Å². The van der Waals surface area contributed by atoms with Crippen LogP contribution in [0.2, 0.25) is 0 Å². The minimum absolute atomic E-state index is 0.0455. The standard InChI is InChI=1S/C15H22N2O/c1-9-6-10(2)14(11(3)7-9)15(18)17-13-5-4-12(16)8-13/h6-7,12-13H,4-5,8,16H2,1-3H3,(H,17,18). The second kappa shape index (κ2) is 5.11. The summed E-state index contributed by atoms with van der Waals surface area (Å²) in [6.07, 6.45) is 2.91. The third-order valence-corrected chi connectivity index (χ3v) is 3.71. The Morgan fingerprint density at radius 1 is 1.22 bits per heavy atom. The summed E-state index contributed by atoms with van der Waals surface area (Å²) in [4.78, 5) is 12.3. The highest BCUT2D eigenvalue weighted by atomic mass is 16.1. The summed E-state index contributed by atoms with van der Waals surface area (Å²) in [5.41, 5.74) is 9.98. The number of aryl methyl sites for hydroxylation is 3. The molecule has 1 saturated carbocycles. The molecule has 1 amide bonds. The second-order valence-corrected chi connectivity index (χ2v) is 5.52. The number of amides is 1. The van der Waals surface area contributed by atoms with Crippen molar-refractivity contribution in [2.75, 3.05) is 0 Å². The summed E-state index contributed by atoms with van der Waals surface area (Å²) in [5, 5.41) is 3.11. The van der Waals surface area contributed by atoms with E-state index in [1.165, 1.54) is 5.56 Å². The summed E-state index contributed by atoms with van der Waals surface area (Å²) in [6, 6.07) is 4.60. The minimum atomic E-state index is 0.0455. The third-order valence-electron chi connectivity index (χ3n) is 3.71. The van der Waals surface area contributed by atoms with Gasteiger partial charge in [0.15, 0.2) is 0 Å². The second-order valence-electron chi connectivity index (χ2n) is 5.52. The van der Waals surface area contributed by atoms with Gasteiger partial charge in [-0.15, -0.1) is 0 Å². The molecule has 98 valence electrons. The Morgan fingerprint density at radius 3 is 2.33 bits per heavy atom. The van der Waals surface area contributed by atoms with Crippen molar-refractivity contribution in [2.45, 2.75) is 52.1 Å². The molecule has 0 heterocycles. The van der Waals surface area contributed by atoms with Crippen LogP contribution in [0.1, 0.15) is 46.3 Å². The van der Waals surface area contributed by atoms with Gasteiger partial charge in [-0.05, 0) is 51.2 Å². The number of hydrogen-bond donors (Lipinski definition) is 2. The molecule has 1 aromatic rings. The van der Waals surface area contributed by atoms with Crippen LogP contribution in [0.4, 0.5) is 0 Å². The normalized spacial score (nSPS) is 23.1. The number of benzene rings is 1. The Labute approximate surface area is 109 Å². The first-order valence-electron chi connectivity index (χ1n) is 6.61. The van der Waals surface area contributed by atoms with E-state index in [9.17, 15) is 4.79 Å². The van der Waals surface area contributed by atoms with Gasteiger partial charge in [-0.2, -0.15) is 0 Å². The number of nitrogens with two attached hydrogens (primary N) is 1. The van der Waals surface area contributed by atoms with E-state index >= 15 is 0 Å². The Bertz CT molecular complexity index is 445. The van der Waals surface area contributed by atoms with Crippen LogP contribution < -0.4 is 11.1 Å². The lowest BCUT2D eigenvalue weighted by Crippen LogP contribution is -2.34. The van der Waals surface area contributed by atoms with E-state index in [2.05, 4.69) is 24.4 Å². The Kier molecular flexibility index (Phi) is 3.71. The van der Waals surface area contributed by atoms with Crippen molar-refractivity contribution in [1.29, 1.82) is 0 Å². The minimum Gasteiger partial charge on any atom is -0.349 e. The molecule has 0 aliphatic heterocycles. The fraction of sp³-hybridized carbons (Fsp3) is 0.533. The average molecular weight is 246 g/mol. The van der Waals surface area contributed by atoms with Gasteiger partial charge in [-0.1, -0.05) is 17.7 Å². The monoisotopic (exact) mass is 246 g/mol. The van der Waals surface area contributed by atoms with Gasteiger partial charge in [0, 0.05) is 17.6 Å². The van der Waals surface area contributed by atoms with Crippen LogP contribution in [0.3, 0.4) is 0 Å². The molecule has 3 N–H and O–H groups in total. The van der Waals surface area contributed by atoms with E-state index in [4.69, 9.17) is 5.73 Å². The topological polar surface area (TPSA) is 55.1 Å². The summed E-state index contributed by atoms with van der Waals surface area (Å²) in [7, 11) is 0. The number of carbonyl (C=O) groups is 1. The van der Waals surface area contributed by atoms with Gasteiger partial charge in [-0.25, -0.2) is 0 Å². The number of nitrogens with one attached hydrogen (secondary N) is 1. The van der Waals surface area contributed by atoms with E-state index < -0.39 is 0 Å². The van der Waals surface area contributed by atoms with Crippen molar-refractivity contribution in [1.82, 2.24) is 5.32 Å². The molecule has 18 heavy (non-hydrogen) atoms. The maximum absolute atomic E-state index is 12.3. The number of rotatable bonds is 2. The molecule has 0 radical (unpaired) electrons. The predicted molar refractivity (Wildman–Crippen MR) is 73.7 cm³/mol.